The molecular formula is C23H20ClN3O3S. The van der Waals surface area contributed by atoms with Crippen molar-refractivity contribution in [3.8, 4) is 17.0 Å². The number of hydrogen-bond acceptors (Lipinski definition) is 4. The van der Waals surface area contributed by atoms with E-state index < -0.39 is 10.0 Å². The number of benzene rings is 3. The molecule has 0 aliphatic carbocycles. The normalized spacial score (nSPS) is 11.3. The Labute approximate surface area is 186 Å². The summed E-state index contributed by atoms with van der Waals surface area (Å²) in [6.07, 6.45) is 1.54. The van der Waals surface area contributed by atoms with E-state index in [9.17, 15) is 8.42 Å². The number of rotatable bonds is 7. The van der Waals surface area contributed by atoms with Crippen molar-refractivity contribution < 1.29 is 13.2 Å². The molecule has 0 saturated carbocycles. The van der Waals surface area contributed by atoms with Gasteiger partial charge in [-0.2, -0.15) is 5.10 Å². The predicted octanol–water partition coefficient (Wildman–Crippen LogP) is 5.06. The van der Waals surface area contributed by atoms with Crippen LogP contribution in [0, 0.1) is 0 Å². The highest BCUT2D eigenvalue weighted by atomic mass is 35.5. The third-order valence-corrected chi connectivity index (χ3v) is 6.26. The minimum absolute atomic E-state index is 0.0664. The third kappa shape index (κ3) is 4.73. The topological polar surface area (TPSA) is 73.2 Å². The molecule has 0 amide bonds. The highest BCUT2D eigenvalue weighted by Crippen LogP contribution is 2.32. The van der Waals surface area contributed by atoms with Crippen molar-refractivity contribution in [2.45, 2.75) is 11.4 Å². The van der Waals surface area contributed by atoms with E-state index in [-0.39, 0.29) is 10.6 Å². The average Bonchev–Trinajstić information content (AvgIpc) is 3.20. The Balaban J connectivity index is 1.77. The van der Waals surface area contributed by atoms with Gasteiger partial charge in [0.25, 0.3) is 10.0 Å². The van der Waals surface area contributed by atoms with Crippen molar-refractivity contribution in [2.24, 2.45) is 0 Å². The first-order chi connectivity index (χ1) is 15.0. The molecule has 0 aliphatic rings. The van der Waals surface area contributed by atoms with Gasteiger partial charge in [0, 0.05) is 16.8 Å². The maximum atomic E-state index is 13.4. The Hall–Kier alpha value is -3.29. The second-order valence-electron chi connectivity index (χ2n) is 6.84. The first kappa shape index (κ1) is 21.0. The largest absolute Gasteiger partial charge is 0.495 e. The highest BCUT2D eigenvalue weighted by molar-refractivity contribution is 7.92. The summed E-state index contributed by atoms with van der Waals surface area (Å²) < 4.78 is 36.2. The number of methoxy groups -OCH3 is 1. The molecule has 0 bridgehead atoms. The fraction of sp³-hybridized carbons (Fsp3) is 0.0870. The van der Waals surface area contributed by atoms with Crippen LogP contribution in [-0.2, 0) is 16.6 Å². The molecule has 0 unspecified atom stereocenters. The number of nitrogens with zero attached hydrogens (tertiary/aromatic N) is 2. The number of nitrogens with one attached hydrogen (secondary N) is 1. The second-order valence-corrected chi connectivity index (χ2v) is 8.93. The van der Waals surface area contributed by atoms with Gasteiger partial charge < -0.3 is 4.74 Å². The van der Waals surface area contributed by atoms with Crippen LogP contribution >= 0.6 is 11.6 Å². The number of anilines is 1. The standard InChI is InChI=1S/C23H20ClN3O3S/c1-30-21-13-12-19(24)14-20(21)26-31(28,29)22-16-27(15-17-8-4-2-5-9-17)25-23(22)18-10-6-3-7-11-18/h2-14,16,26H,15H2,1H3. The van der Waals surface area contributed by atoms with E-state index in [2.05, 4.69) is 9.82 Å². The van der Waals surface area contributed by atoms with E-state index in [1.807, 2.05) is 60.7 Å². The van der Waals surface area contributed by atoms with Gasteiger partial charge in [-0.15, -0.1) is 0 Å². The molecule has 1 N–H and O–H groups in total. The Kier molecular flexibility index (Phi) is 5.97. The van der Waals surface area contributed by atoms with Crippen LogP contribution in [0.1, 0.15) is 5.56 Å². The molecule has 0 spiro atoms. The smallest absolute Gasteiger partial charge is 0.265 e. The molecule has 0 radical (unpaired) electrons. The monoisotopic (exact) mass is 453 g/mol. The maximum Gasteiger partial charge on any atom is 0.265 e. The van der Waals surface area contributed by atoms with Crippen LogP contribution in [0.2, 0.25) is 5.02 Å². The van der Waals surface area contributed by atoms with Gasteiger partial charge in [-0.1, -0.05) is 72.3 Å². The van der Waals surface area contributed by atoms with Crippen molar-refractivity contribution in [1.82, 2.24) is 9.78 Å². The summed E-state index contributed by atoms with van der Waals surface area (Å²) in [7, 11) is -2.52. The summed E-state index contributed by atoms with van der Waals surface area (Å²) in [5, 5.41) is 4.97. The van der Waals surface area contributed by atoms with Crippen LogP contribution in [0.15, 0.2) is 90.0 Å². The van der Waals surface area contributed by atoms with Crippen LogP contribution in [0.3, 0.4) is 0 Å². The number of sulfonamides is 1. The van der Waals surface area contributed by atoms with Crippen molar-refractivity contribution >= 4 is 27.3 Å². The molecule has 0 fully saturated rings. The summed E-state index contributed by atoms with van der Waals surface area (Å²) in [6.45, 7) is 0.441. The predicted molar refractivity (Wildman–Crippen MR) is 122 cm³/mol. The van der Waals surface area contributed by atoms with Gasteiger partial charge in [-0.05, 0) is 23.8 Å². The van der Waals surface area contributed by atoms with Gasteiger partial charge in [0.15, 0.2) is 0 Å². The van der Waals surface area contributed by atoms with Crippen molar-refractivity contribution in [3.63, 3.8) is 0 Å². The Bertz CT molecular complexity index is 1290. The van der Waals surface area contributed by atoms with E-state index in [4.69, 9.17) is 16.3 Å². The molecule has 4 aromatic rings. The van der Waals surface area contributed by atoms with Crippen LogP contribution in [0.25, 0.3) is 11.3 Å². The van der Waals surface area contributed by atoms with Gasteiger partial charge >= 0.3 is 0 Å². The molecule has 4 rings (SSSR count). The zero-order chi connectivity index (χ0) is 21.8. The zero-order valence-electron chi connectivity index (χ0n) is 16.7. The molecule has 1 aromatic heterocycles. The minimum atomic E-state index is -3.98. The molecule has 8 heteroatoms. The number of ether oxygens (including phenoxy) is 1. The average molecular weight is 454 g/mol. The SMILES string of the molecule is COc1ccc(Cl)cc1NS(=O)(=O)c1cn(Cc2ccccc2)nc1-c1ccccc1. The highest BCUT2D eigenvalue weighted by Gasteiger charge is 2.25. The first-order valence-corrected chi connectivity index (χ1v) is 11.4. The molecule has 0 saturated heterocycles. The van der Waals surface area contributed by atoms with Gasteiger partial charge in [-0.3, -0.25) is 9.40 Å². The van der Waals surface area contributed by atoms with Gasteiger partial charge in [0.05, 0.1) is 19.3 Å². The van der Waals surface area contributed by atoms with E-state index in [1.165, 1.54) is 19.4 Å². The summed E-state index contributed by atoms with van der Waals surface area (Å²) in [5.41, 5.74) is 2.33. The zero-order valence-corrected chi connectivity index (χ0v) is 18.3. The second kappa shape index (κ2) is 8.83. The molecule has 0 atom stereocenters. The van der Waals surface area contributed by atoms with Gasteiger partial charge in [0.1, 0.15) is 16.3 Å². The summed E-state index contributed by atoms with van der Waals surface area (Å²) in [5.74, 6) is 0.367. The number of hydrogen-bond donors (Lipinski definition) is 1. The summed E-state index contributed by atoms with van der Waals surface area (Å²) in [4.78, 5) is 0.0664. The molecule has 3 aromatic carbocycles. The van der Waals surface area contributed by atoms with Crippen molar-refractivity contribution in [1.29, 1.82) is 0 Å². The number of halogens is 1. The Morgan fingerprint density at radius 1 is 1.00 bits per heavy atom. The molecule has 1 heterocycles. The van der Waals surface area contributed by atoms with E-state index in [0.29, 0.717) is 28.6 Å². The van der Waals surface area contributed by atoms with E-state index in [0.717, 1.165) is 5.56 Å². The Morgan fingerprint density at radius 2 is 1.68 bits per heavy atom. The quantitative estimate of drug-likeness (QED) is 0.424. The Morgan fingerprint density at radius 3 is 2.35 bits per heavy atom. The minimum Gasteiger partial charge on any atom is -0.495 e. The van der Waals surface area contributed by atoms with Crippen LogP contribution in [0.4, 0.5) is 5.69 Å². The van der Waals surface area contributed by atoms with Crippen LogP contribution < -0.4 is 9.46 Å². The molecule has 158 valence electrons. The van der Waals surface area contributed by atoms with Crippen LogP contribution in [-0.4, -0.2) is 25.3 Å². The summed E-state index contributed by atoms with van der Waals surface area (Å²) in [6, 6.07) is 23.7. The third-order valence-electron chi connectivity index (χ3n) is 4.66. The maximum absolute atomic E-state index is 13.4. The lowest BCUT2D eigenvalue weighted by atomic mass is 10.2. The molecular weight excluding hydrogens is 434 g/mol. The van der Waals surface area contributed by atoms with E-state index in [1.54, 1.807) is 16.8 Å². The lowest BCUT2D eigenvalue weighted by Crippen LogP contribution is -2.14. The van der Waals surface area contributed by atoms with Gasteiger partial charge in [0.2, 0.25) is 0 Å². The van der Waals surface area contributed by atoms with Gasteiger partial charge in [-0.25, -0.2) is 8.42 Å². The molecule has 6 nitrogen and oxygen atoms in total. The van der Waals surface area contributed by atoms with E-state index >= 15 is 0 Å². The van der Waals surface area contributed by atoms with Crippen molar-refractivity contribution in [3.05, 3.63) is 95.6 Å². The van der Waals surface area contributed by atoms with Crippen molar-refractivity contribution in [2.75, 3.05) is 11.8 Å². The first-order valence-electron chi connectivity index (χ1n) is 9.49. The fourth-order valence-electron chi connectivity index (χ4n) is 3.21. The lowest BCUT2D eigenvalue weighted by Gasteiger charge is -2.12. The fourth-order valence-corrected chi connectivity index (χ4v) is 4.61. The molecule has 0 aliphatic heterocycles. The van der Waals surface area contributed by atoms with Crippen LogP contribution in [0.5, 0.6) is 5.75 Å². The lowest BCUT2D eigenvalue weighted by molar-refractivity contribution is 0.417. The summed E-state index contributed by atoms with van der Waals surface area (Å²) >= 11 is 6.06. The molecule has 31 heavy (non-hydrogen) atoms. The number of aromatic nitrogens is 2.